The van der Waals surface area contributed by atoms with Gasteiger partial charge in [0.1, 0.15) is 5.82 Å². The Hall–Kier alpha value is -0.770. The molecule has 0 spiro atoms. The van der Waals surface area contributed by atoms with Crippen molar-refractivity contribution >= 4 is 15.9 Å². The maximum atomic E-state index is 13.5. The maximum Gasteiger partial charge on any atom is 0.163 e. The number of methoxy groups -OCH3 is 2. The molecule has 1 rings (SSSR count). The van der Waals surface area contributed by atoms with E-state index in [1.165, 1.54) is 13.2 Å². The van der Waals surface area contributed by atoms with E-state index in [1.54, 1.807) is 13.2 Å². The van der Waals surface area contributed by atoms with Gasteiger partial charge in [-0.2, -0.15) is 0 Å². The van der Waals surface area contributed by atoms with Gasteiger partial charge in [-0.1, -0.05) is 15.9 Å². The van der Waals surface area contributed by atoms with Gasteiger partial charge in [-0.25, -0.2) is 4.39 Å². The summed E-state index contributed by atoms with van der Waals surface area (Å²) in [7, 11) is 3.04. The van der Waals surface area contributed by atoms with Crippen molar-refractivity contribution in [1.82, 2.24) is 0 Å². The van der Waals surface area contributed by atoms with E-state index in [0.29, 0.717) is 23.5 Å². The highest BCUT2D eigenvalue weighted by molar-refractivity contribution is 9.09. The predicted molar refractivity (Wildman–Crippen MR) is 61.6 cm³/mol. The van der Waals surface area contributed by atoms with Gasteiger partial charge in [-0.3, -0.25) is 0 Å². The minimum atomic E-state index is -0.242. The Morgan fingerprint density at radius 3 is 2.33 bits per heavy atom. The van der Waals surface area contributed by atoms with E-state index in [1.807, 2.05) is 0 Å². The molecule has 0 unspecified atom stereocenters. The molecule has 1 aromatic rings. The summed E-state index contributed by atoms with van der Waals surface area (Å²) < 4.78 is 23.6. The number of hydrogen-bond acceptors (Lipinski definition) is 2. The van der Waals surface area contributed by atoms with E-state index >= 15 is 0 Å². The third-order valence-corrected chi connectivity index (χ3v) is 2.69. The number of benzene rings is 1. The Bertz CT molecular complexity index is 329. The van der Waals surface area contributed by atoms with Crippen molar-refractivity contribution < 1.29 is 13.9 Å². The second-order valence-electron chi connectivity index (χ2n) is 3.09. The molecule has 0 aliphatic carbocycles. The van der Waals surface area contributed by atoms with Gasteiger partial charge in [0.25, 0.3) is 0 Å². The molecule has 84 valence electrons. The fourth-order valence-corrected chi connectivity index (χ4v) is 1.63. The summed E-state index contributed by atoms with van der Waals surface area (Å²) in [5, 5.41) is 0.862. The zero-order valence-corrected chi connectivity index (χ0v) is 10.4. The van der Waals surface area contributed by atoms with Crippen LogP contribution in [0.4, 0.5) is 4.39 Å². The van der Waals surface area contributed by atoms with E-state index < -0.39 is 0 Å². The fraction of sp³-hybridized carbons (Fsp3) is 0.455. The molecule has 0 aromatic heterocycles. The van der Waals surface area contributed by atoms with Gasteiger partial charge in [0, 0.05) is 11.4 Å². The van der Waals surface area contributed by atoms with Crippen LogP contribution in [0.5, 0.6) is 11.5 Å². The topological polar surface area (TPSA) is 18.5 Å². The molecule has 1 aromatic carbocycles. The van der Waals surface area contributed by atoms with Gasteiger partial charge < -0.3 is 9.47 Å². The van der Waals surface area contributed by atoms with E-state index in [4.69, 9.17) is 9.47 Å². The van der Waals surface area contributed by atoms with Gasteiger partial charge in [-0.15, -0.1) is 0 Å². The van der Waals surface area contributed by atoms with Crippen LogP contribution < -0.4 is 9.47 Å². The highest BCUT2D eigenvalue weighted by Gasteiger charge is 2.10. The summed E-state index contributed by atoms with van der Waals surface area (Å²) in [6.07, 6.45) is 1.59. The average molecular weight is 277 g/mol. The highest BCUT2D eigenvalue weighted by atomic mass is 79.9. The summed E-state index contributed by atoms with van der Waals surface area (Å²) in [5.74, 6) is 0.759. The maximum absolute atomic E-state index is 13.5. The Labute approximate surface area is 97.5 Å². The molecule has 0 fully saturated rings. The smallest absolute Gasteiger partial charge is 0.163 e. The molecule has 0 heterocycles. The summed E-state index contributed by atoms with van der Waals surface area (Å²) in [4.78, 5) is 0. The molecule has 0 saturated carbocycles. The minimum absolute atomic E-state index is 0.242. The molecule has 4 heteroatoms. The first kappa shape index (κ1) is 12.3. The molecule has 0 amide bonds. The molecule has 0 radical (unpaired) electrons. The number of rotatable bonds is 5. The lowest BCUT2D eigenvalue weighted by molar-refractivity contribution is 0.351. The molecule has 0 saturated heterocycles. The average Bonchev–Trinajstić information content (AvgIpc) is 2.27. The Morgan fingerprint density at radius 2 is 1.80 bits per heavy atom. The molecule has 0 atom stereocenters. The lowest BCUT2D eigenvalue weighted by Gasteiger charge is -2.10. The van der Waals surface area contributed by atoms with Crippen LogP contribution in [0.2, 0.25) is 0 Å². The normalized spacial score (nSPS) is 10.1. The second-order valence-corrected chi connectivity index (χ2v) is 3.88. The number of hydrogen-bond donors (Lipinski definition) is 0. The first-order valence-corrected chi connectivity index (χ1v) is 5.81. The SMILES string of the molecule is COc1cc(F)c(CCCBr)cc1OC. The monoisotopic (exact) mass is 276 g/mol. The number of aryl methyl sites for hydroxylation is 1. The zero-order valence-electron chi connectivity index (χ0n) is 8.85. The van der Waals surface area contributed by atoms with Crippen molar-refractivity contribution in [3.05, 3.63) is 23.5 Å². The van der Waals surface area contributed by atoms with E-state index in [9.17, 15) is 4.39 Å². The Kier molecular flexibility index (Phi) is 4.88. The van der Waals surface area contributed by atoms with E-state index in [-0.39, 0.29) is 5.82 Å². The lowest BCUT2D eigenvalue weighted by atomic mass is 10.1. The fourth-order valence-electron chi connectivity index (χ4n) is 1.35. The molecular formula is C11H14BrFO2. The summed E-state index contributed by atoms with van der Waals surface area (Å²) >= 11 is 3.32. The van der Waals surface area contributed by atoms with Crippen LogP contribution in [0.15, 0.2) is 12.1 Å². The second kappa shape index (κ2) is 5.95. The van der Waals surface area contributed by atoms with Gasteiger partial charge in [0.2, 0.25) is 0 Å². The van der Waals surface area contributed by atoms with Crippen LogP contribution in [0.1, 0.15) is 12.0 Å². The third kappa shape index (κ3) is 3.09. The third-order valence-electron chi connectivity index (χ3n) is 2.13. The molecule has 2 nitrogen and oxygen atoms in total. The standard InChI is InChI=1S/C11H14BrFO2/c1-14-10-6-8(4-3-5-12)9(13)7-11(10)15-2/h6-7H,3-5H2,1-2H3. The predicted octanol–water partition coefficient (Wildman–Crippen LogP) is 3.17. The zero-order chi connectivity index (χ0) is 11.3. The first-order valence-electron chi connectivity index (χ1n) is 4.69. The summed E-state index contributed by atoms with van der Waals surface area (Å²) in [5.41, 5.74) is 0.659. The summed E-state index contributed by atoms with van der Waals surface area (Å²) in [6.45, 7) is 0. The van der Waals surface area contributed by atoms with Crippen LogP contribution in [0, 0.1) is 5.82 Å². The molecule has 15 heavy (non-hydrogen) atoms. The van der Waals surface area contributed by atoms with Crippen LogP contribution in [0.3, 0.4) is 0 Å². The molecule has 0 aliphatic rings. The van der Waals surface area contributed by atoms with Crippen LogP contribution in [-0.2, 0) is 6.42 Å². The van der Waals surface area contributed by atoms with Crippen molar-refractivity contribution in [3.63, 3.8) is 0 Å². The quantitative estimate of drug-likeness (QED) is 0.770. The van der Waals surface area contributed by atoms with Crippen LogP contribution >= 0.6 is 15.9 Å². The van der Waals surface area contributed by atoms with Gasteiger partial charge >= 0.3 is 0 Å². The largest absolute Gasteiger partial charge is 0.493 e. The first-order chi connectivity index (χ1) is 7.22. The van der Waals surface area contributed by atoms with Gasteiger partial charge in [0.15, 0.2) is 11.5 Å². The summed E-state index contributed by atoms with van der Waals surface area (Å²) in [6, 6.07) is 3.05. The highest BCUT2D eigenvalue weighted by Crippen LogP contribution is 2.30. The Balaban J connectivity index is 2.97. The Morgan fingerprint density at radius 1 is 1.20 bits per heavy atom. The van der Waals surface area contributed by atoms with Crippen molar-refractivity contribution in [3.8, 4) is 11.5 Å². The van der Waals surface area contributed by atoms with Crippen molar-refractivity contribution in [2.45, 2.75) is 12.8 Å². The molecule has 0 bridgehead atoms. The van der Waals surface area contributed by atoms with Crippen LogP contribution in [0.25, 0.3) is 0 Å². The number of ether oxygens (including phenoxy) is 2. The van der Waals surface area contributed by atoms with Crippen molar-refractivity contribution in [2.24, 2.45) is 0 Å². The van der Waals surface area contributed by atoms with Gasteiger partial charge in [-0.05, 0) is 24.5 Å². The lowest BCUT2D eigenvalue weighted by Crippen LogP contribution is -1.97. The number of alkyl halides is 1. The van der Waals surface area contributed by atoms with E-state index in [2.05, 4.69) is 15.9 Å². The number of halogens is 2. The van der Waals surface area contributed by atoms with E-state index in [0.717, 1.165) is 11.8 Å². The molecular weight excluding hydrogens is 263 g/mol. The minimum Gasteiger partial charge on any atom is -0.493 e. The van der Waals surface area contributed by atoms with Crippen LogP contribution in [-0.4, -0.2) is 19.5 Å². The molecule has 0 aliphatic heterocycles. The van der Waals surface area contributed by atoms with Gasteiger partial charge in [0.05, 0.1) is 14.2 Å². The molecule has 0 N–H and O–H groups in total. The van der Waals surface area contributed by atoms with Crippen molar-refractivity contribution in [2.75, 3.05) is 19.5 Å². The van der Waals surface area contributed by atoms with Crippen molar-refractivity contribution in [1.29, 1.82) is 0 Å².